The normalized spacial score (nSPS) is 17.7. The van der Waals surface area contributed by atoms with Gasteiger partial charge in [-0.15, -0.1) is 0 Å². The topological polar surface area (TPSA) is 96.8 Å². The molecule has 41 heavy (non-hydrogen) atoms. The molecule has 1 saturated heterocycles. The third-order valence-corrected chi connectivity index (χ3v) is 7.97. The molecule has 1 N–H and O–H groups in total. The standard InChI is InChI=1S/C33H51N5O3/c1-23(2)29(21-26(7)32(40)37(19-14-18-34)22-27-15-10-9-11-16-27)36(8)33(41)30(24(3)4)35-31(39)28-17-12-13-20-38(28)25(5)6/h9-11,15-16,21,23-25,28-30H,12-14,17,19-20,22H2,1-8H3,(H,35,39)/t28-,29-,30+/m1/s1. The van der Waals surface area contributed by atoms with Gasteiger partial charge in [0.15, 0.2) is 0 Å². The second kappa shape index (κ2) is 16.3. The van der Waals surface area contributed by atoms with E-state index in [9.17, 15) is 14.4 Å². The summed E-state index contributed by atoms with van der Waals surface area (Å²) in [4.78, 5) is 46.4. The summed E-state index contributed by atoms with van der Waals surface area (Å²) in [7, 11) is 1.75. The van der Waals surface area contributed by atoms with Gasteiger partial charge in [0.05, 0.1) is 24.6 Å². The minimum absolute atomic E-state index is 0.0340. The lowest BCUT2D eigenvalue weighted by Crippen LogP contribution is -2.58. The summed E-state index contributed by atoms with van der Waals surface area (Å²) in [5.41, 5.74) is 1.51. The third kappa shape index (κ3) is 9.71. The molecule has 3 amide bonds. The SMILES string of the molecule is CC(=C[C@H](C(C)C)N(C)C(=O)[C@@H](NC(=O)[C@H]1CCCCN1C(C)C)C(C)C)C(=O)N(CCC#N)Cc1ccccc1. The zero-order valence-corrected chi connectivity index (χ0v) is 26.4. The maximum atomic E-state index is 13.9. The Kier molecular flexibility index (Phi) is 13.5. The van der Waals surface area contributed by atoms with Gasteiger partial charge in [0, 0.05) is 31.8 Å². The highest BCUT2D eigenvalue weighted by atomic mass is 16.2. The first-order valence-electron chi connectivity index (χ1n) is 15.1. The highest BCUT2D eigenvalue weighted by molar-refractivity contribution is 5.93. The fourth-order valence-corrected chi connectivity index (χ4v) is 5.55. The van der Waals surface area contributed by atoms with Crippen molar-refractivity contribution in [3.05, 3.63) is 47.5 Å². The van der Waals surface area contributed by atoms with Crippen LogP contribution in [-0.2, 0) is 20.9 Å². The molecular formula is C33H51N5O3. The second-order valence-corrected chi connectivity index (χ2v) is 12.2. The van der Waals surface area contributed by atoms with E-state index in [4.69, 9.17) is 5.26 Å². The fourth-order valence-electron chi connectivity index (χ4n) is 5.55. The highest BCUT2D eigenvalue weighted by Crippen LogP contribution is 2.22. The molecule has 3 atom stereocenters. The van der Waals surface area contributed by atoms with Crippen molar-refractivity contribution in [2.75, 3.05) is 20.1 Å². The molecule has 1 aromatic carbocycles. The number of likely N-dealkylation sites (tertiary alicyclic amines) is 1. The Morgan fingerprint density at radius 3 is 2.29 bits per heavy atom. The molecule has 1 heterocycles. The number of amides is 3. The molecule has 1 aromatic rings. The molecule has 0 unspecified atom stereocenters. The average molecular weight is 566 g/mol. The summed E-state index contributed by atoms with van der Waals surface area (Å²) in [5, 5.41) is 12.3. The molecular weight excluding hydrogens is 514 g/mol. The maximum Gasteiger partial charge on any atom is 0.249 e. The second-order valence-electron chi connectivity index (χ2n) is 12.2. The Labute approximate surface area is 247 Å². The van der Waals surface area contributed by atoms with E-state index in [1.165, 1.54) is 0 Å². The maximum absolute atomic E-state index is 13.9. The van der Waals surface area contributed by atoms with Gasteiger partial charge in [0.1, 0.15) is 6.04 Å². The zero-order chi connectivity index (χ0) is 30.7. The van der Waals surface area contributed by atoms with Crippen molar-refractivity contribution in [2.24, 2.45) is 11.8 Å². The number of benzene rings is 1. The van der Waals surface area contributed by atoms with Crippen LogP contribution in [-0.4, -0.2) is 76.7 Å². The first-order chi connectivity index (χ1) is 19.4. The summed E-state index contributed by atoms with van der Waals surface area (Å²) in [5.74, 6) is -0.476. The van der Waals surface area contributed by atoms with Crippen LogP contribution < -0.4 is 5.32 Å². The first-order valence-corrected chi connectivity index (χ1v) is 15.1. The number of carbonyl (C=O) groups is 3. The van der Waals surface area contributed by atoms with Crippen LogP contribution in [0.25, 0.3) is 0 Å². The van der Waals surface area contributed by atoms with Crippen molar-refractivity contribution in [1.82, 2.24) is 20.0 Å². The van der Waals surface area contributed by atoms with E-state index in [1.807, 2.05) is 64.1 Å². The highest BCUT2D eigenvalue weighted by Gasteiger charge is 2.36. The number of nitrogens with one attached hydrogen (secondary N) is 1. The van der Waals surface area contributed by atoms with Gasteiger partial charge >= 0.3 is 0 Å². The van der Waals surface area contributed by atoms with E-state index in [-0.39, 0.29) is 54.1 Å². The number of nitriles is 1. The van der Waals surface area contributed by atoms with Crippen LogP contribution in [0.2, 0.25) is 0 Å². The Hall–Kier alpha value is -3.18. The molecule has 0 saturated carbocycles. The van der Waals surface area contributed by atoms with Gasteiger partial charge in [0.25, 0.3) is 0 Å². The van der Waals surface area contributed by atoms with Gasteiger partial charge in [-0.25, -0.2) is 0 Å². The van der Waals surface area contributed by atoms with Crippen LogP contribution in [0.5, 0.6) is 0 Å². The summed E-state index contributed by atoms with van der Waals surface area (Å²) in [6.45, 7) is 15.5. The van der Waals surface area contributed by atoms with Crippen LogP contribution in [0.3, 0.4) is 0 Å². The third-order valence-electron chi connectivity index (χ3n) is 7.97. The van der Waals surface area contributed by atoms with Crippen molar-refractivity contribution < 1.29 is 14.4 Å². The molecule has 0 spiro atoms. The zero-order valence-electron chi connectivity index (χ0n) is 26.4. The molecule has 8 nitrogen and oxygen atoms in total. The van der Waals surface area contributed by atoms with Crippen molar-refractivity contribution in [1.29, 1.82) is 5.26 Å². The van der Waals surface area contributed by atoms with Gasteiger partial charge in [-0.2, -0.15) is 5.26 Å². The quantitative estimate of drug-likeness (QED) is 0.348. The number of nitrogens with zero attached hydrogens (tertiary/aromatic N) is 4. The summed E-state index contributed by atoms with van der Waals surface area (Å²) < 4.78 is 0. The van der Waals surface area contributed by atoms with E-state index >= 15 is 0 Å². The predicted molar refractivity (Wildman–Crippen MR) is 163 cm³/mol. The van der Waals surface area contributed by atoms with Crippen LogP contribution in [0.1, 0.15) is 79.7 Å². The Morgan fingerprint density at radius 2 is 1.73 bits per heavy atom. The molecule has 2 rings (SSSR count). The van der Waals surface area contributed by atoms with Crippen LogP contribution in [0, 0.1) is 23.2 Å². The number of carbonyl (C=O) groups excluding carboxylic acids is 3. The Morgan fingerprint density at radius 1 is 1.07 bits per heavy atom. The molecule has 1 fully saturated rings. The number of hydrogen-bond donors (Lipinski definition) is 1. The number of piperidine rings is 1. The lowest BCUT2D eigenvalue weighted by Gasteiger charge is -2.39. The van der Waals surface area contributed by atoms with Gasteiger partial charge in [-0.3, -0.25) is 19.3 Å². The summed E-state index contributed by atoms with van der Waals surface area (Å²) in [6, 6.07) is 10.9. The number of rotatable bonds is 13. The van der Waals surface area contributed by atoms with E-state index < -0.39 is 6.04 Å². The predicted octanol–water partition coefficient (Wildman–Crippen LogP) is 4.76. The lowest BCUT2D eigenvalue weighted by molar-refractivity contribution is -0.140. The first kappa shape index (κ1) is 34.0. The molecule has 0 aromatic heterocycles. The van der Waals surface area contributed by atoms with Gasteiger partial charge < -0.3 is 15.1 Å². The monoisotopic (exact) mass is 565 g/mol. The summed E-state index contributed by atoms with van der Waals surface area (Å²) in [6.07, 6.45) is 4.98. The minimum Gasteiger partial charge on any atom is -0.343 e. The summed E-state index contributed by atoms with van der Waals surface area (Å²) >= 11 is 0. The van der Waals surface area contributed by atoms with Crippen LogP contribution in [0.4, 0.5) is 0 Å². The minimum atomic E-state index is -0.667. The smallest absolute Gasteiger partial charge is 0.249 e. The van der Waals surface area contributed by atoms with E-state index in [1.54, 1.807) is 23.8 Å². The Balaban J connectivity index is 2.25. The molecule has 1 aliphatic rings. The molecule has 8 heteroatoms. The molecule has 0 bridgehead atoms. The van der Waals surface area contributed by atoms with Gasteiger partial charge in [0.2, 0.25) is 17.7 Å². The number of hydrogen-bond acceptors (Lipinski definition) is 5. The van der Waals surface area contributed by atoms with Crippen LogP contribution in [0.15, 0.2) is 42.0 Å². The largest absolute Gasteiger partial charge is 0.343 e. The Bertz CT molecular complexity index is 1080. The molecule has 1 aliphatic heterocycles. The van der Waals surface area contributed by atoms with Crippen molar-refractivity contribution >= 4 is 17.7 Å². The number of likely N-dealkylation sites (N-methyl/N-ethyl adjacent to an activating group) is 1. The average Bonchev–Trinajstić information content (AvgIpc) is 2.95. The van der Waals surface area contributed by atoms with E-state index in [2.05, 4.69) is 30.1 Å². The van der Waals surface area contributed by atoms with E-state index in [0.29, 0.717) is 18.7 Å². The van der Waals surface area contributed by atoms with Crippen molar-refractivity contribution in [2.45, 2.75) is 105 Å². The fraction of sp³-hybridized carbons (Fsp3) is 0.636. The molecule has 0 radical (unpaired) electrons. The van der Waals surface area contributed by atoms with Gasteiger partial charge in [-0.1, -0.05) is 70.5 Å². The van der Waals surface area contributed by atoms with Crippen molar-refractivity contribution in [3.8, 4) is 6.07 Å². The van der Waals surface area contributed by atoms with Crippen LogP contribution >= 0.6 is 0 Å². The van der Waals surface area contributed by atoms with Crippen molar-refractivity contribution in [3.63, 3.8) is 0 Å². The van der Waals surface area contributed by atoms with E-state index in [0.717, 1.165) is 31.4 Å². The molecule has 226 valence electrons. The van der Waals surface area contributed by atoms with Gasteiger partial charge in [-0.05, 0) is 57.6 Å². The lowest BCUT2D eigenvalue weighted by atomic mass is 9.95. The molecule has 0 aliphatic carbocycles.